The van der Waals surface area contributed by atoms with Gasteiger partial charge in [-0.25, -0.2) is 0 Å². The molecule has 0 aromatic carbocycles. The zero-order valence-electron chi connectivity index (χ0n) is 11.0. The summed E-state index contributed by atoms with van der Waals surface area (Å²) in [7, 11) is 2.30. The molecule has 0 aliphatic heterocycles. The standard InChI is InChI=1S/C14H28N2/c1-12-6-8-14(10-15,9-7-12)11-16(2)13-4-3-5-13/h12-13H,3-11,15H2,1-2H3. The molecule has 16 heavy (non-hydrogen) atoms. The van der Waals surface area contributed by atoms with Gasteiger partial charge in [0.15, 0.2) is 0 Å². The molecule has 0 bridgehead atoms. The fourth-order valence-electron chi connectivity index (χ4n) is 3.29. The van der Waals surface area contributed by atoms with E-state index in [-0.39, 0.29) is 0 Å². The third-order valence-electron chi connectivity index (χ3n) is 5.05. The van der Waals surface area contributed by atoms with Crippen molar-refractivity contribution in [1.29, 1.82) is 0 Å². The fourth-order valence-corrected chi connectivity index (χ4v) is 3.29. The lowest BCUT2D eigenvalue weighted by atomic mass is 9.70. The van der Waals surface area contributed by atoms with Crippen LogP contribution in [0.3, 0.4) is 0 Å². The summed E-state index contributed by atoms with van der Waals surface area (Å²) in [6.45, 7) is 4.51. The van der Waals surface area contributed by atoms with Crippen LogP contribution >= 0.6 is 0 Å². The highest BCUT2D eigenvalue weighted by molar-refractivity contribution is 4.90. The average Bonchev–Trinajstić information content (AvgIpc) is 2.19. The summed E-state index contributed by atoms with van der Waals surface area (Å²) in [4.78, 5) is 2.59. The van der Waals surface area contributed by atoms with Gasteiger partial charge in [0.2, 0.25) is 0 Å². The van der Waals surface area contributed by atoms with Crippen LogP contribution in [-0.2, 0) is 0 Å². The smallest absolute Gasteiger partial charge is 0.00924 e. The van der Waals surface area contributed by atoms with Crippen molar-refractivity contribution < 1.29 is 0 Å². The first-order valence-electron chi connectivity index (χ1n) is 7.05. The summed E-state index contributed by atoms with van der Waals surface area (Å²) < 4.78 is 0. The highest BCUT2D eigenvalue weighted by Gasteiger charge is 2.36. The Morgan fingerprint density at radius 2 is 1.81 bits per heavy atom. The van der Waals surface area contributed by atoms with Crippen molar-refractivity contribution >= 4 is 0 Å². The first-order chi connectivity index (χ1) is 7.65. The Balaban J connectivity index is 1.88. The third-order valence-corrected chi connectivity index (χ3v) is 5.05. The van der Waals surface area contributed by atoms with E-state index in [0.717, 1.165) is 18.5 Å². The van der Waals surface area contributed by atoms with E-state index in [2.05, 4.69) is 18.9 Å². The van der Waals surface area contributed by atoms with Crippen LogP contribution in [0.1, 0.15) is 51.9 Å². The third kappa shape index (κ3) is 2.60. The maximum atomic E-state index is 6.06. The van der Waals surface area contributed by atoms with Gasteiger partial charge in [-0.3, -0.25) is 0 Å². The molecule has 2 N–H and O–H groups in total. The molecule has 0 heterocycles. The summed E-state index contributed by atoms with van der Waals surface area (Å²) >= 11 is 0. The minimum absolute atomic E-state index is 0.441. The van der Waals surface area contributed by atoms with Gasteiger partial charge in [0, 0.05) is 12.6 Å². The van der Waals surface area contributed by atoms with Crippen molar-refractivity contribution in [1.82, 2.24) is 4.90 Å². The normalized spacial score (nSPS) is 36.4. The number of nitrogens with two attached hydrogens (primary N) is 1. The predicted octanol–water partition coefficient (Wildman–Crippen LogP) is 2.63. The number of hydrogen-bond donors (Lipinski definition) is 1. The molecule has 0 aromatic heterocycles. The second kappa shape index (κ2) is 5.05. The lowest BCUT2D eigenvalue weighted by Crippen LogP contribution is -2.48. The summed E-state index contributed by atoms with van der Waals surface area (Å²) in [6.07, 6.45) is 9.72. The number of hydrogen-bond acceptors (Lipinski definition) is 2. The van der Waals surface area contributed by atoms with Crippen LogP contribution < -0.4 is 5.73 Å². The molecule has 0 radical (unpaired) electrons. The lowest BCUT2D eigenvalue weighted by molar-refractivity contribution is 0.0619. The second-order valence-electron chi connectivity index (χ2n) is 6.39. The molecule has 0 atom stereocenters. The molecular formula is C14H28N2. The second-order valence-corrected chi connectivity index (χ2v) is 6.39. The number of nitrogens with zero attached hydrogens (tertiary/aromatic N) is 1. The van der Waals surface area contributed by atoms with E-state index >= 15 is 0 Å². The van der Waals surface area contributed by atoms with Crippen LogP contribution in [-0.4, -0.2) is 31.1 Å². The van der Waals surface area contributed by atoms with E-state index < -0.39 is 0 Å². The Hall–Kier alpha value is -0.0800. The SMILES string of the molecule is CC1CCC(CN)(CN(C)C2CCC2)CC1. The van der Waals surface area contributed by atoms with Gasteiger partial charge in [0.05, 0.1) is 0 Å². The first-order valence-corrected chi connectivity index (χ1v) is 7.05. The largest absolute Gasteiger partial charge is 0.330 e. The van der Waals surface area contributed by atoms with Crippen LogP contribution in [0.2, 0.25) is 0 Å². The molecule has 2 fully saturated rings. The van der Waals surface area contributed by atoms with Crippen LogP contribution in [0.25, 0.3) is 0 Å². The summed E-state index contributed by atoms with van der Waals surface area (Å²) in [5, 5.41) is 0. The minimum atomic E-state index is 0.441. The zero-order valence-corrected chi connectivity index (χ0v) is 11.0. The van der Waals surface area contributed by atoms with Crippen molar-refractivity contribution in [2.45, 2.75) is 57.9 Å². The molecule has 0 unspecified atom stereocenters. The maximum absolute atomic E-state index is 6.06. The molecule has 0 saturated heterocycles. The predicted molar refractivity (Wildman–Crippen MR) is 69.4 cm³/mol. The molecule has 2 nitrogen and oxygen atoms in total. The Morgan fingerprint density at radius 1 is 1.19 bits per heavy atom. The molecule has 2 aliphatic rings. The van der Waals surface area contributed by atoms with Crippen LogP contribution in [0, 0.1) is 11.3 Å². The monoisotopic (exact) mass is 224 g/mol. The van der Waals surface area contributed by atoms with Gasteiger partial charge in [0.1, 0.15) is 0 Å². The maximum Gasteiger partial charge on any atom is 0.00924 e. The van der Waals surface area contributed by atoms with Gasteiger partial charge < -0.3 is 10.6 Å². The minimum Gasteiger partial charge on any atom is -0.330 e. The van der Waals surface area contributed by atoms with Crippen LogP contribution in [0.4, 0.5) is 0 Å². The molecule has 94 valence electrons. The van der Waals surface area contributed by atoms with Gasteiger partial charge in [0.25, 0.3) is 0 Å². The molecule has 0 spiro atoms. The van der Waals surface area contributed by atoms with Crippen molar-refractivity contribution in [3.63, 3.8) is 0 Å². The highest BCUT2D eigenvalue weighted by Crippen LogP contribution is 2.39. The van der Waals surface area contributed by atoms with Crippen LogP contribution in [0.15, 0.2) is 0 Å². The fraction of sp³-hybridized carbons (Fsp3) is 1.00. The Morgan fingerprint density at radius 3 is 2.25 bits per heavy atom. The van der Waals surface area contributed by atoms with E-state index in [1.165, 1.54) is 51.5 Å². The van der Waals surface area contributed by atoms with Gasteiger partial charge in [-0.2, -0.15) is 0 Å². The van der Waals surface area contributed by atoms with Gasteiger partial charge in [-0.05, 0) is 50.6 Å². The van der Waals surface area contributed by atoms with Gasteiger partial charge >= 0.3 is 0 Å². The molecule has 2 rings (SSSR count). The molecule has 0 amide bonds. The molecular weight excluding hydrogens is 196 g/mol. The Labute approximate surface area is 101 Å². The summed E-state index contributed by atoms with van der Waals surface area (Å²) in [6, 6.07) is 0.864. The van der Waals surface area contributed by atoms with Gasteiger partial charge in [-0.15, -0.1) is 0 Å². The quantitative estimate of drug-likeness (QED) is 0.795. The summed E-state index contributed by atoms with van der Waals surface area (Å²) in [5.41, 5.74) is 6.51. The molecule has 2 heteroatoms. The van der Waals surface area contributed by atoms with E-state index in [1.807, 2.05) is 0 Å². The van der Waals surface area contributed by atoms with Crippen molar-refractivity contribution in [3.05, 3.63) is 0 Å². The van der Waals surface area contributed by atoms with E-state index in [9.17, 15) is 0 Å². The molecule has 2 aliphatic carbocycles. The molecule has 0 aromatic rings. The van der Waals surface area contributed by atoms with E-state index in [1.54, 1.807) is 0 Å². The average molecular weight is 224 g/mol. The van der Waals surface area contributed by atoms with Crippen molar-refractivity contribution in [2.75, 3.05) is 20.1 Å². The Bertz CT molecular complexity index is 215. The molecule has 2 saturated carbocycles. The first kappa shape index (κ1) is 12.4. The number of rotatable bonds is 4. The van der Waals surface area contributed by atoms with Crippen molar-refractivity contribution in [3.8, 4) is 0 Å². The summed E-state index contributed by atoms with van der Waals surface area (Å²) in [5.74, 6) is 0.925. The highest BCUT2D eigenvalue weighted by atomic mass is 15.1. The topological polar surface area (TPSA) is 29.3 Å². The van der Waals surface area contributed by atoms with E-state index in [0.29, 0.717) is 5.41 Å². The zero-order chi connectivity index (χ0) is 11.6. The van der Waals surface area contributed by atoms with E-state index in [4.69, 9.17) is 5.73 Å². The van der Waals surface area contributed by atoms with Crippen molar-refractivity contribution in [2.24, 2.45) is 17.1 Å². The Kier molecular flexibility index (Phi) is 3.91. The van der Waals surface area contributed by atoms with Gasteiger partial charge in [-0.1, -0.05) is 26.2 Å². The lowest BCUT2D eigenvalue weighted by Gasteiger charge is -2.45. The van der Waals surface area contributed by atoms with Crippen LogP contribution in [0.5, 0.6) is 0 Å².